The van der Waals surface area contributed by atoms with Crippen LogP contribution in [0.2, 0.25) is 0 Å². The molecule has 1 aliphatic heterocycles. The van der Waals surface area contributed by atoms with Gasteiger partial charge >= 0.3 is 17.8 Å². The van der Waals surface area contributed by atoms with E-state index in [9.17, 15) is 0 Å². The molecule has 0 N–H and O–H groups in total. The van der Waals surface area contributed by atoms with E-state index < -0.39 is 39.9 Å². The zero-order chi connectivity index (χ0) is 41.0. The number of hydrogen-bond donors (Lipinski definition) is 0. The van der Waals surface area contributed by atoms with Crippen molar-refractivity contribution in [1.29, 1.82) is 0 Å². The molecule has 4 aromatic heterocycles. The van der Waals surface area contributed by atoms with Crippen molar-refractivity contribution < 1.29 is 40.2 Å². The Morgan fingerprint density at radius 3 is 1.79 bits per heavy atom. The first-order valence-corrected chi connectivity index (χ1v) is 21.1. The zero-order valence-electron chi connectivity index (χ0n) is 32.8. The van der Waals surface area contributed by atoms with Gasteiger partial charge in [0.1, 0.15) is 16.8 Å². The molecule has 0 amide bonds. The van der Waals surface area contributed by atoms with Gasteiger partial charge in [0.05, 0.1) is 0 Å². The number of thiophene rings is 3. The Bertz CT molecular complexity index is 2650. The third-order valence-electron chi connectivity index (χ3n) is 11.3. The zero-order valence-corrected chi connectivity index (χ0v) is 35.2. The standard InChI is InChI=1S/C45H40F6O3S3/c1-39(2,3)22-10-12-23(13-11-22)42(33-17-16-32(57-33)41(7,8)9)37-34(24-18-27-28(53-21-52-27)20-26(24)54-37)36-35(43(46,47)45(50,51)44(36,48)49)25-19-30(56-38(25)42)29-14-15-31(55-29)40(4,5)6/h10-20H,21H2,1-9H3. The highest BCUT2D eigenvalue weighted by Crippen LogP contribution is 2.71. The Hall–Kier alpha value is -4.00. The van der Waals surface area contributed by atoms with Gasteiger partial charge in [0.15, 0.2) is 11.5 Å². The van der Waals surface area contributed by atoms with E-state index in [-0.39, 0.29) is 61.7 Å². The van der Waals surface area contributed by atoms with Gasteiger partial charge in [0.2, 0.25) is 6.79 Å². The molecule has 3 aliphatic rings. The number of fused-ring (bicyclic) bond motifs is 7. The second-order valence-corrected chi connectivity index (χ2v) is 21.5. The molecule has 5 heterocycles. The number of alkyl halides is 6. The molecule has 1 atom stereocenters. The molecule has 2 aliphatic carbocycles. The van der Waals surface area contributed by atoms with Gasteiger partial charge in [-0.3, -0.25) is 0 Å². The SMILES string of the molecule is CC(C)(C)c1ccc(C2(c3ccc(C(C)(C)C)s3)c3oc4cc5c(cc4c3C3=C(c4cc(-c6ccc(C(C)(C)C)s6)sc42)C(F)(F)C(F)(F)C3(F)F)OCO5)cc1. The lowest BCUT2D eigenvalue weighted by Crippen LogP contribution is -2.49. The predicted molar refractivity (Wildman–Crippen MR) is 217 cm³/mol. The van der Waals surface area contributed by atoms with Crippen molar-refractivity contribution in [2.75, 3.05) is 6.79 Å². The van der Waals surface area contributed by atoms with Gasteiger partial charge in [-0.1, -0.05) is 86.6 Å². The average molecular weight is 839 g/mol. The number of allylic oxidation sites excluding steroid dienone is 2. The minimum Gasteiger partial charge on any atom is -0.459 e. The minimum atomic E-state index is -5.76. The van der Waals surface area contributed by atoms with Gasteiger partial charge in [-0.2, -0.15) is 26.3 Å². The van der Waals surface area contributed by atoms with Crippen LogP contribution >= 0.6 is 34.0 Å². The maximum atomic E-state index is 16.9. The molecular weight excluding hydrogens is 799 g/mol. The summed E-state index contributed by atoms with van der Waals surface area (Å²) < 4.78 is 118. The van der Waals surface area contributed by atoms with Gasteiger partial charge in [-0.05, 0) is 63.8 Å². The van der Waals surface area contributed by atoms with Crippen LogP contribution in [-0.4, -0.2) is 24.6 Å². The molecule has 57 heavy (non-hydrogen) atoms. The van der Waals surface area contributed by atoms with Crippen LogP contribution in [0.5, 0.6) is 11.5 Å². The molecule has 298 valence electrons. The van der Waals surface area contributed by atoms with Crippen molar-refractivity contribution in [3.63, 3.8) is 0 Å². The molecule has 3 nitrogen and oxygen atoms in total. The van der Waals surface area contributed by atoms with Crippen LogP contribution in [-0.2, 0) is 21.7 Å². The monoisotopic (exact) mass is 838 g/mol. The Labute approximate surface area is 339 Å². The number of rotatable bonds is 3. The maximum Gasteiger partial charge on any atom is 0.380 e. The summed E-state index contributed by atoms with van der Waals surface area (Å²) in [6, 6.07) is 19.6. The van der Waals surface area contributed by atoms with E-state index in [1.807, 2.05) is 69.3 Å². The van der Waals surface area contributed by atoms with Gasteiger partial charge in [0.25, 0.3) is 0 Å². The van der Waals surface area contributed by atoms with Crippen LogP contribution in [0.4, 0.5) is 26.3 Å². The number of furan rings is 1. The highest BCUT2D eigenvalue weighted by molar-refractivity contribution is 7.22. The summed E-state index contributed by atoms with van der Waals surface area (Å²) in [7, 11) is 0. The van der Waals surface area contributed by atoms with Gasteiger partial charge < -0.3 is 13.9 Å². The third kappa shape index (κ3) is 5.21. The fraction of sp³-hybridized carbons (Fsp3) is 0.378. The Morgan fingerprint density at radius 1 is 0.596 bits per heavy atom. The predicted octanol–water partition coefficient (Wildman–Crippen LogP) is 14.4. The number of halogens is 6. The molecule has 0 spiro atoms. The number of benzene rings is 2. The van der Waals surface area contributed by atoms with E-state index in [2.05, 4.69) is 41.5 Å². The molecule has 12 heteroatoms. The lowest BCUT2D eigenvalue weighted by molar-refractivity contribution is -0.254. The largest absolute Gasteiger partial charge is 0.459 e. The summed E-state index contributed by atoms with van der Waals surface area (Å²) in [4.78, 5) is 3.94. The van der Waals surface area contributed by atoms with Crippen molar-refractivity contribution in [3.05, 3.63) is 114 Å². The topological polar surface area (TPSA) is 31.6 Å². The summed E-state index contributed by atoms with van der Waals surface area (Å²) >= 11 is 4.01. The fourth-order valence-corrected chi connectivity index (χ4v) is 12.0. The first-order valence-electron chi connectivity index (χ1n) is 18.6. The summed E-state index contributed by atoms with van der Waals surface area (Å²) in [5.74, 6) is -16.1. The van der Waals surface area contributed by atoms with Crippen molar-refractivity contribution >= 4 is 56.1 Å². The smallest absolute Gasteiger partial charge is 0.380 e. The normalized spacial score (nSPS) is 20.8. The van der Waals surface area contributed by atoms with Crippen LogP contribution in [0, 0.1) is 0 Å². The van der Waals surface area contributed by atoms with Crippen LogP contribution in [0.1, 0.15) is 110 Å². The Balaban J connectivity index is 1.51. The molecule has 0 saturated heterocycles. The van der Waals surface area contributed by atoms with Crippen molar-refractivity contribution in [2.45, 2.75) is 102 Å². The Morgan fingerprint density at radius 2 is 1.19 bits per heavy atom. The van der Waals surface area contributed by atoms with Crippen LogP contribution < -0.4 is 9.47 Å². The summed E-state index contributed by atoms with van der Waals surface area (Å²) in [6.07, 6.45) is 0. The first kappa shape index (κ1) is 38.5. The van der Waals surface area contributed by atoms with Crippen LogP contribution in [0.15, 0.2) is 71.1 Å². The first-order chi connectivity index (χ1) is 26.4. The van der Waals surface area contributed by atoms with E-state index in [0.29, 0.717) is 20.2 Å². The Kier molecular flexibility index (Phi) is 7.98. The van der Waals surface area contributed by atoms with Gasteiger partial charge in [-0.25, -0.2) is 0 Å². The minimum absolute atomic E-state index is 0.0158. The lowest BCUT2D eigenvalue weighted by atomic mass is 9.72. The van der Waals surface area contributed by atoms with E-state index in [4.69, 9.17) is 13.9 Å². The van der Waals surface area contributed by atoms with Crippen LogP contribution in [0.25, 0.3) is 31.9 Å². The molecule has 0 saturated carbocycles. The molecule has 0 bridgehead atoms. The third-order valence-corrected chi connectivity index (χ3v) is 15.9. The van der Waals surface area contributed by atoms with E-state index in [0.717, 1.165) is 26.7 Å². The number of hydrogen-bond acceptors (Lipinski definition) is 6. The summed E-state index contributed by atoms with van der Waals surface area (Å²) in [5.41, 5.74) is -4.70. The second-order valence-electron chi connectivity index (χ2n) is 18.2. The van der Waals surface area contributed by atoms with Crippen LogP contribution in [0.3, 0.4) is 0 Å². The number of ether oxygens (including phenoxy) is 2. The summed E-state index contributed by atoms with van der Waals surface area (Å²) in [5, 5.41) is -0.0540. The highest BCUT2D eigenvalue weighted by atomic mass is 32.1. The molecule has 1 unspecified atom stereocenters. The van der Waals surface area contributed by atoms with Crippen molar-refractivity contribution in [3.8, 4) is 21.3 Å². The average Bonchev–Trinajstić information content (AvgIpc) is 3.95. The lowest BCUT2D eigenvalue weighted by Gasteiger charge is -2.34. The molecule has 0 fully saturated rings. The summed E-state index contributed by atoms with van der Waals surface area (Å²) in [6.45, 7) is 18.3. The quantitative estimate of drug-likeness (QED) is 0.166. The van der Waals surface area contributed by atoms with Gasteiger partial charge in [0, 0.05) is 63.0 Å². The van der Waals surface area contributed by atoms with E-state index in [1.54, 1.807) is 0 Å². The highest BCUT2D eigenvalue weighted by Gasteiger charge is 2.81. The fourth-order valence-electron chi connectivity index (χ4n) is 8.15. The molecular formula is C45H40F6O3S3. The molecule has 6 aromatic rings. The van der Waals surface area contributed by atoms with Crippen molar-refractivity contribution in [1.82, 2.24) is 0 Å². The maximum absolute atomic E-state index is 16.9. The van der Waals surface area contributed by atoms with Gasteiger partial charge in [-0.15, -0.1) is 34.0 Å². The molecule has 0 radical (unpaired) electrons. The van der Waals surface area contributed by atoms with E-state index >= 15 is 26.3 Å². The van der Waals surface area contributed by atoms with Crippen molar-refractivity contribution in [2.24, 2.45) is 0 Å². The molecule has 9 rings (SSSR count). The van der Waals surface area contributed by atoms with E-state index in [1.165, 1.54) is 40.9 Å². The second kappa shape index (κ2) is 11.8. The molecule has 2 aromatic carbocycles.